The summed E-state index contributed by atoms with van der Waals surface area (Å²) in [6.07, 6.45) is 0. The molecule has 0 saturated heterocycles. The average molecular weight is 352 g/mol. The third-order valence-corrected chi connectivity index (χ3v) is 4.55. The number of sulfonamides is 1. The molecule has 0 spiro atoms. The minimum absolute atomic E-state index is 0.0842. The van der Waals surface area contributed by atoms with Crippen LogP contribution >= 0.6 is 0 Å². The fourth-order valence-electron chi connectivity index (χ4n) is 1.94. The highest BCUT2D eigenvalue weighted by Crippen LogP contribution is 2.19. The monoisotopic (exact) mass is 352 g/mol. The number of hydrogen-bond donors (Lipinski definition) is 2. The molecule has 8 heteroatoms. The molecule has 0 aliphatic carbocycles. The Labute approximate surface area is 139 Å². The summed E-state index contributed by atoms with van der Waals surface area (Å²) in [5, 5.41) is 0. The Kier molecular flexibility index (Phi) is 5.53. The first kappa shape index (κ1) is 17.9. The molecule has 2 aromatic carbocycles. The molecule has 0 atom stereocenters. The van der Waals surface area contributed by atoms with E-state index in [1.807, 2.05) is 0 Å². The lowest BCUT2D eigenvalue weighted by Crippen LogP contribution is -2.25. The van der Waals surface area contributed by atoms with Crippen LogP contribution in [0.1, 0.15) is 22.8 Å². The number of halogens is 1. The standard InChI is InChI=1S/C16H17FN2O4S/c1-3-23-18-16(20)15-10-14(9-4-11(15)2)24(21,22)19-13-7-5-12(17)6-8-13/h4-10,19H,3H2,1-2H3,(H,18,20). The summed E-state index contributed by atoms with van der Waals surface area (Å²) in [7, 11) is -3.91. The average Bonchev–Trinajstić information content (AvgIpc) is 2.54. The highest BCUT2D eigenvalue weighted by atomic mass is 32.2. The van der Waals surface area contributed by atoms with Crippen LogP contribution in [0.3, 0.4) is 0 Å². The number of benzene rings is 2. The third kappa shape index (κ3) is 4.30. The van der Waals surface area contributed by atoms with E-state index in [2.05, 4.69) is 10.2 Å². The molecule has 0 heterocycles. The zero-order valence-electron chi connectivity index (χ0n) is 13.2. The highest BCUT2D eigenvalue weighted by molar-refractivity contribution is 7.92. The molecule has 0 radical (unpaired) electrons. The van der Waals surface area contributed by atoms with Crippen LogP contribution in [0.4, 0.5) is 10.1 Å². The number of hydroxylamine groups is 1. The molecule has 128 valence electrons. The van der Waals surface area contributed by atoms with Crippen LogP contribution in [0, 0.1) is 12.7 Å². The molecule has 0 bridgehead atoms. The van der Waals surface area contributed by atoms with Gasteiger partial charge >= 0.3 is 0 Å². The predicted octanol–water partition coefficient (Wildman–Crippen LogP) is 2.62. The fourth-order valence-corrected chi connectivity index (χ4v) is 3.02. The Bertz CT molecular complexity index is 836. The summed E-state index contributed by atoms with van der Waals surface area (Å²) in [6, 6.07) is 9.09. The third-order valence-electron chi connectivity index (χ3n) is 3.17. The predicted molar refractivity (Wildman–Crippen MR) is 87.5 cm³/mol. The van der Waals surface area contributed by atoms with Gasteiger partial charge in [0.2, 0.25) is 0 Å². The largest absolute Gasteiger partial charge is 0.280 e. The maximum atomic E-state index is 12.9. The van der Waals surface area contributed by atoms with Crippen molar-refractivity contribution in [3.05, 3.63) is 59.4 Å². The Morgan fingerprint density at radius 2 is 1.83 bits per heavy atom. The van der Waals surface area contributed by atoms with E-state index in [0.29, 0.717) is 5.56 Å². The number of nitrogens with one attached hydrogen (secondary N) is 2. The maximum absolute atomic E-state index is 12.9. The topological polar surface area (TPSA) is 84.5 Å². The molecule has 0 aromatic heterocycles. The number of carbonyl (C=O) groups excluding carboxylic acids is 1. The van der Waals surface area contributed by atoms with Crippen molar-refractivity contribution in [2.45, 2.75) is 18.7 Å². The minimum Gasteiger partial charge on any atom is -0.280 e. The minimum atomic E-state index is -3.91. The van der Waals surface area contributed by atoms with Crippen molar-refractivity contribution in [1.82, 2.24) is 5.48 Å². The van der Waals surface area contributed by atoms with Gasteiger partial charge in [0.1, 0.15) is 5.82 Å². The van der Waals surface area contributed by atoms with Gasteiger partial charge in [-0.1, -0.05) is 6.07 Å². The number of rotatable bonds is 6. The molecule has 0 fully saturated rings. The lowest BCUT2D eigenvalue weighted by molar-refractivity contribution is 0.0364. The van der Waals surface area contributed by atoms with Crippen molar-refractivity contribution in [3.63, 3.8) is 0 Å². The summed E-state index contributed by atoms with van der Waals surface area (Å²) >= 11 is 0. The van der Waals surface area contributed by atoms with Gasteiger partial charge in [-0.3, -0.25) is 14.4 Å². The van der Waals surface area contributed by atoms with Gasteiger partial charge in [-0.25, -0.2) is 18.3 Å². The number of hydrogen-bond acceptors (Lipinski definition) is 4. The lowest BCUT2D eigenvalue weighted by Gasteiger charge is -2.11. The fraction of sp³-hybridized carbons (Fsp3) is 0.188. The first-order valence-corrected chi connectivity index (χ1v) is 8.63. The summed E-state index contributed by atoms with van der Waals surface area (Å²) in [5.41, 5.74) is 3.24. The van der Waals surface area contributed by atoms with Crippen LogP contribution in [0.25, 0.3) is 0 Å². The normalized spacial score (nSPS) is 11.1. The van der Waals surface area contributed by atoms with Gasteiger partial charge in [0.15, 0.2) is 0 Å². The van der Waals surface area contributed by atoms with E-state index >= 15 is 0 Å². The Morgan fingerprint density at radius 1 is 1.17 bits per heavy atom. The first-order valence-electron chi connectivity index (χ1n) is 7.14. The zero-order valence-corrected chi connectivity index (χ0v) is 14.0. The van der Waals surface area contributed by atoms with Crippen molar-refractivity contribution in [1.29, 1.82) is 0 Å². The second-order valence-corrected chi connectivity index (χ2v) is 6.64. The van der Waals surface area contributed by atoms with Crippen molar-refractivity contribution >= 4 is 21.6 Å². The van der Waals surface area contributed by atoms with E-state index in [9.17, 15) is 17.6 Å². The second kappa shape index (κ2) is 7.41. The van der Waals surface area contributed by atoms with E-state index in [1.54, 1.807) is 13.8 Å². The molecule has 24 heavy (non-hydrogen) atoms. The Balaban J connectivity index is 2.30. The van der Waals surface area contributed by atoms with Gasteiger partial charge < -0.3 is 0 Å². The number of amides is 1. The Morgan fingerprint density at radius 3 is 2.46 bits per heavy atom. The molecule has 0 aliphatic rings. The van der Waals surface area contributed by atoms with E-state index in [-0.39, 0.29) is 22.8 Å². The molecule has 2 aromatic rings. The summed E-state index contributed by atoms with van der Waals surface area (Å²) in [4.78, 5) is 16.8. The Hall–Kier alpha value is -2.45. The summed E-state index contributed by atoms with van der Waals surface area (Å²) in [5.74, 6) is -1.00. The SMILES string of the molecule is CCONC(=O)c1cc(S(=O)(=O)Nc2ccc(F)cc2)ccc1C. The number of aryl methyl sites for hydroxylation is 1. The van der Waals surface area contributed by atoms with Gasteiger partial charge in [0.25, 0.3) is 15.9 Å². The number of carbonyl (C=O) groups is 1. The van der Waals surface area contributed by atoms with Crippen LogP contribution in [0.5, 0.6) is 0 Å². The van der Waals surface area contributed by atoms with Crippen molar-refractivity contribution in [2.24, 2.45) is 0 Å². The van der Waals surface area contributed by atoms with Crippen LogP contribution in [0.15, 0.2) is 47.4 Å². The van der Waals surface area contributed by atoms with Crippen LogP contribution in [-0.2, 0) is 14.9 Å². The smallest absolute Gasteiger partial charge is 0.275 e. The van der Waals surface area contributed by atoms with Gasteiger partial charge in [0.05, 0.1) is 11.5 Å². The van der Waals surface area contributed by atoms with E-state index < -0.39 is 21.7 Å². The second-order valence-electron chi connectivity index (χ2n) is 4.95. The van der Waals surface area contributed by atoms with E-state index in [1.165, 1.54) is 30.3 Å². The van der Waals surface area contributed by atoms with Crippen molar-refractivity contribution < 1.29 is 22.4 Å². The number of anilines is 1. The molecule has 2 rings (SSSR count). The molecule has 0 aliphatic heterocycles. The molecule has 0 unspecified atom stereocenters. The van der Waals surface area contributed by atoms with Gasteiger partial charge in [0, 0.05) is 11.3 Å². The molecule has 1 amide bonds. The van der Waals surface area contributed by atoms with E-state index in [4.69, 9.17) is 4.84 Å². The molecule has 6 nitrogen and oxygen atoms in total. The van der Waals surface area contributed by atoms with Crippen LogP contribution in [0.2, 0.25) is 0 Å². The van der Waals surface area contributed by atoms with Gasteiger partial charge in [-0.2, -0.15) is 0 Å². The molecule has 0 saturated carbocycles. The van der Waals surface area contributed by atoms with Crippen molar-refractivity contribution in [3.8, 4) is 0 Å². The molecule has 2 N–H and O–H groups in total. The van der Waals surface area contributed by atoms with Gasteiger partial charge in [-0.15, -0.1) is 0 Å². The maximum Gasteiger partial charge on any atom is 0.275 e. The van der Waals surface area contributed by atoms with E-state index in [0.717, 1.165) is 12.1 Å². The molecular formula is C16H17FN2O4S. The van der Waals surface area contributed by atoms with Gasteiger partial charge in [-0.05, 0) is 55.8 Å². The van der Waals surface area contributed by atoms with Crippen LogP contribution in [-0.4, -0.2) is 20.9 Å². The molecular weight excluding hydrogens is 335 g/mol. The summed E-state index contributed by atoms with van der Waals surface area (Å²) < 4.78 is 40.1. The first-order chi connectivity index (χ1) is 11.3. The van der Waals surface area contributed by atoms with Crippen LogP contribution < -0.4 is 10.2 Å². The zero-order chi connectivity index (χ0) is 17.7. The van der Waals surface area contributed by atoms with Crippen molar-refractivity contribution in [2.75, 3.05) is 11.3 Å². The highest BCUT2D eigenvalue weighted by Gasteiger charge is 2.18. The quantitative estimate of drug-likeness (QED) is 0.783. The summed E-state index contributed by atoms with van der Waals surface area (Å²) in [6.45, 7) is 3.68. The lowest BCUT2D eigenvalue weighted by atomic mass is 10.1.